The van der Waals surface area contributed by atoms with Crippen LogP contribution in [0.1, 0.15) is 25.7 Å². The molecule has 4 N–H and O–H groups in total. The highest BCUT2D eigenvalue weighted by atomic mass is 35.5. The summed E-state index contributed by atoms with van der Waals surface area (Å²) in [5, 5.41) is 6.09. The van der Waals surface area contributed by atoms with Crippen molar-refractivity contribution in [2.24, 2.45) is 5.73 Å². The maximum Gasteiger partial charge on any atom is 0.241 e. The number of piperidine rings is 1. The molecule has 0 saturated carbocycles. The standard InChI is InChI=1S/C15H21N3O3.ClH/c16-14(19)8-10-21-12-6-4-11(5-7-12)18-15(20)13-3-1-2-9-17-13;/h4-7,13,17H,1-3,8-10H2,(H2,16,19)(H,18,20);1H/t13-;/m1./s1. The Morgan fingerprint density at radius 1 is 1.27 bits per heavy atom. The van der Waals surface area contributed by atoms with Gasteiger partial charge in [-0.1, -0.05) is 6.42 Å². The molecule has 0 aliphatic carbocycles. The van der Waals surface area contributed by atoms with Crippen molar-refractivity contribution in [1.29, 1.82) is 0 Å². The van der Waals surface area contributed by atoms with Crippen molar-refractivity contribution in [3.05, 3.63) is 24.3 Å². The summed E-state index contributed by atoms with van der Waals surface area (Å²) >= 11 is 0. The average molecular weight is 328 g/mol. The highest BCUT2D eigenvalue weighted by Gasteiger charge is 2.20. The molecule has 1 aromatic rings. The SMILES string of the molecule is Cl.NC(=O)CCOc1ccc(NC(=O)[C@H]2CCCCN2)cc1. The predicted octanol–water partition coefficient (Wildman–Crippen LogP) is 1.44. The van der Waals surface area contributed by atoms with Crippen molar-refractivity contribution < 1.29 is 14.3 Å². The molecule has 2 rings (SSSR count). The van der Waals surface area contributed by atoms with Gasteiger partial charge in [-0.15, -0.1) is 12.4 Å². The van der Waals surface area contributed by atoms with Crippen molar-refractivity contribution in [2.45, 2.75) is 31.7 Å². The van der Waals surface area contributed by atoms with Gasteiger partial charge in [-0.3, -0.25) is 9.59 Å². The third kappa shape index (κ3) is 5.91. The van der Waals surface area contributed by atoms with E-state index in [4.69, 9.17) is 10.5 Å². The zero-order chi connectivity index (χ0) is 15.1. The number of amides is 2. The lowest BCUT2D eigenvalue weighted by Gasteiger charge is -2.22. The van der Waals surface area contributed by atoms with Crippen LogP contribution in [0, 0.1) is 0 Å². The van der Waals surface area contributed by atoms with Crippen molar-refractivity contribution in [2.75, 3.05) is 18.5 Å². The third-order valence-electron chi connectivity index (χ3n) is 3.37. The topological polar surface area (TPSA) is 93.5 Å². The molecule has 1 heterocycles. The lowest BCUT2D eigenvalue weighted by atomic mass is 10.0. The number of ether oxygens (including phenoxy) is 1. The number of benzene rings is 1. The van der Waals surface area contributed by atoms with Crippen molar-refractivity contribution in [3.8, 4) is 5.75 Å². The first kappa shape index (κ1) is 18.3. The summed E-state index contributed by atoms with van der Waals surface area (Å²) in [5.74, 6) is 0.251. The van der Waals surface area contributed by atoms with Gasteiger partial charge in [0, 0.05) is 5.69 Å². The fraction of sp³-hybridized carbons (Fsp3) is 0.467. The summed E-state index contributed by atoms with van der Waals surface area (Å²) in [4.78, 5) is 22.6. The summed E-state index contributed by atoms with van der Waals surface area (Å²) in [7, 11) is 0. The molecule has 1 aromatic carbocycles. The van der Waals surface area contributed by atoms with Crippen LogP contribution in [0.2, 0.25) is 0 Å². The van der Waals surface area contributed by atoms with E-state index in [0.29, 0.717) is 5.75 Å². The number of hydrogen-bond acceptors (Lipinski definition) is 4. The largest absolute Gasteiger partial charge is 0.493 e. The summed E-state index contributed by atoms with van der Waals surface area (Å²) in [6.45, 7) is 1.15. The van der Waals surface area contributed by atoms with E-state index in [1.54, 1.807) is 24.3 Å². The molecule has 1 aliphatic rings. The number of carbonyl (C=O) groups is 2. The van der Waals surface area contributed by atoms with Gasteiger partial charge in [-0.05, 0) is 43.7 Å². The van der Waals surface area contributed by atoms with Gasteiger partial charge in [-0.2, -0.15) is 0 Å². The summed E-state index contributed by atoms with van der Waals surface area (Å²) in [6, 6.07) is 6.96. The Balaban J connectivity index is 0.00000242. The lowest BCUT2D eigenvalue weighted by molar-refractivity contribution is -0.119. The molecular weight excluding hydrogens is 306 g/mol. The number of hydrogen-bond donors (Lipinski definition) is 3. The number of nitrogens with one attached hydrogen (secondary N) is 2. The molecule has 0 spiro atoms. The normalized spacial score (nSPS) is 17.2. The zero-order valence-electron chi connectivity index (χ0n) is 12.3. The molecule has 1 fully saturated rings. The molecule has 0 unspecified atom stereocenters. The van der Waals surface area contributed by atoms with Gasteiger partial charge < -0.3 is 21.1 Å². The highest BCUT2D eigenvalue weighted by molar-refractivity contribution is 5.94. The van der Waals surface area contributed by atoms with E-state index >= 15 is 0 Å². The van der Waals surface area contributed by atoms with Crippen LogP contribution in [0.25, 0.3) is 0 Å². The Hall–Kier alpha value is -1.79. The number of anilines is 1. The Kier molecular flexibility index (Phi) is 7.70. The van der Waals surface area contributed by atoms with Gasteiger partial charge in [0.15, 0.2) is 0 Å². The van der Waals surface area contributed by atoms with Gasteiger partial charge in [0.2, 0.25) is 11.8 Å². The lowest BCUT2D eigenvalue weighted by Crippen LogP contribution is -2.43. The van der Waals surface area contributed by atoms with E-state index in [1.165, 1.54) is 0 Å². The number of halogens is 1. The van der Waals surface area contributed by atoms with E-state index in [-0.39, 0.29) is 43.3 Å². The van der Waals surface area contributed by atoms with Gasteiger partial charge in [0.05, 0.1) is 19.1 Å². The fourth-order valence-corrected chi connectivity index (χ4v) is 2.21. The molecule has 1 atom stereocenters. The zero-order valence-corrected chi connectivity index (χ0v) is 13.2. The monoisotopic (exact) mass is 327 g/mol. The molecule has 0 bridgehead atoms. The second-order valence-corrected chi connectivity index (χ2v) is 5.08. The molecule has 7 heteroatoms. The number of carbonyl (C=O) groups excluding carboxylic acids is 2. The van der Waals surface area contributed by atoms with Crippen molar-refractivity contribution in [1.82, 2.24) is 5.32 Å². The van der Waals surface area contributed by atoms with E-state index in [2.05, 4.69) is 10.6 Å². The van der Waals surface area contributed by atoms with Crippen LogP contribution in [-0.2, 0) is 9.59 Å². The Labute approximate surface area is 136 Å². The molecule has 0 radical (unpaired) electrons. The second-order valence-electron chi connectivity index (χ2n) is 5.08. The first-order chi connectivity index (χ1) is 10.1. The molecule has 1 saturated heterocycles. The average Bonchev–Trinajstić information content (AvgIpc) is 2.49. The Morgan fingerprint density at radius 2 is 2.00 bits per heavy atom. The summed E-state index contributed by atoms with van der Waals surface area (Å²) in [5.41, 5.74) is 5.77. The van der Waals surface area contributed by atoms with Crippen molar-refractivity contribution >= 4 is 29.9 Å². The van der Waals surface area contributed by atoms with Crippen LogP contribution in [0.3, 0.4) is 0 Å². The minimum atomic E-state index is -0.390. The van der Waals surface area contributed by atoms with Gasteiger partial charge in [0.1, 0.15) is 5.75 Å². The maximum absolute atomic E-state index is 12.0. The third-order valence-corrected chi connectivity index (χ3v) is 3.37. The molecule has 0 aromatic heterocycles. The minimum Gasteiger partial charge on any atom is -0.493 e. The minimum absolute atomic E-state index is 0. The molecule has 2 amide bonds. The van der Waals surface area contributed by atoms with Gasteiger partial charge >= 0.3 is 0 Å². The molecular formula is C15H22ClN3O3. The van der Waals surface area contributed by atoms with Gasteiger partial charge in [0.25, 0.3) is 0 Å². The van der Waals surface area contributed by atoms with Crippen LogP contribution in [0.15, 0.2) is 24.3 Å². The maximum atomic E-state index is 12.0. The fourth-order valence-electron chi connectivity index (χ4n) is 2.21. The number of primary amides is 1. The summed E-state index contributed by atoms with van der Waals surface area (Å²) in [6.07, 6.45) is 3.27. The Bertz CT molecular complexity index is 487. The first-order valence-electron chi connectivity index (χ1n) is 7.20. The van der Waals surface area contributed by atoms with E-state index in [9.17, 15) is 9.59 Å². The predicted molar refractivity (Wildman–Crippen MR) is 87.3 cm³/mol. The number of rotatable bonds is 6. The molecule has 122 valence electrons. The van der Waals surface area contributed by atoms with Crippen molar-refractivity contribution in [3.63, 3.8) is 0 Å². The molecule has 6 nitrogen and oxygen atoms in total. The van der Waals surface area contributed by atoms with E-state index in [1.807, 2.05) is 0 Å². The van der Waals surface area contributed by atoms with Crippen LogP contribution in [0.4, 0.5) is 5.69 Å². The van der Waals surface area contributed by atoms with Crippen LogP contribution in [-0.4, -0.2) is 31.0 Å². The number of nitrogens with two attached hydrogens (primary N) is 1. The van der Waals surface area contributed by atoms with E-state index < -0.39 is 0 Å². The van der Waals surface area contributed by atoms with Gasteiger partial charge in [-0.25, -0.2) is 0 Å². The van der Waals surface area contributed by atoms with Crippen LogP contribution >= 0.6 is 12.4 Å². The molecule has 22 heavy (non-hydrogen) atoms. The Morgan fingerprint density at radius 3 is 2.59 bits per heavy atom. The second kappa shape index (κ2) is 9.27. The van der Waals surface area contributed by atoms with Crippen LogP contribution < -0.4 is 21.1 Å². The molecule has 1 aliphatic heterocycles. The smallest absolute Gasteiger partial charge is 0.241 e. The van der Waals surface area contributed by atoms with E-state index in [0.717, 1.165) is 31.5 Å². The first-order valence-corrected chi connectivity index (χ1v) is 7.20. The quantitative estimate of drug-likeness (QED) is 0.737. The summed E-state index contributed by atoms with van der Waals surface area (Å²) < 4.78 is 5.37. The highest BCUT2D eigenvalue weighted by Crippen LogP contribution is 2.17. The van der Waals surface area contributed by atoms with Crippen LogP contribution in [0.5, 0.6) is 5.75 Å².